The minimum absolute atomic E-state index is 0.0414. The predicted octanol–water partition coefficient (Wildman–Crippen LogP) is 3.83. The third-order valence-electron chi connectivity index (χ3n) is 4.92. The zero-order valence-corrected chi connectivity index (χ0v) is 15.8. The summed E-state index contributed by atoms with van der Waals surface area (Å²) in [6.07, 6.45) is -0.692. The molecule has 0 bridgehead atoms. The zero-order chi connectivity index (χ0) is 19.3. The number of morpholine rings is 1. The fourth-order valence-electron chi connectivity index (χ4n) is 3.38. The van der Waals surface area contributed by atoms with Crippen LogP contribution in [0.1, 0.15) is 11.7 Å². The maximum Gasteiger partial charge on any atom is 0.268 e. The number of carbonyl (C=O) groups is 1. The van der Waals surface area contributed by atoms with Crippen LogP contribution in [-0.4, -0.2) is 44.2 Å². The smallest absolute Gasteiger partial charge is 0.268 e. The summed E-state index contributed by atoms with van der Waals surface area (Å²) in [6.45, 7) is 2.28. The highest BCUT2D eigenvalue weighted by atomic mass is 16.5. The number of carbonyl (C=O) groups excluding carboxylic acids is 1. The number of hydrogen-bond acceptors (Lipinski definition) is 4. The number of fused-ring (bicyclic) bond motifs is 1. The SMILES string of the molecule is COc1ccc2ccc(O[C@H](C(=O)N3CCOCC3)c3ccccc3)cc2c1. The summed E-state index contributed by atoms with van der Waals surface area (Å²) >= 11 is 0. The fraction of sp³-hybridized carbons (Fsp3) is 0.261. The van der Waals surface area contributed by atoms with E-state index >= 15 is 0 Å². The molecule has 0 aliphatic carbocycles. The van der Waals surface area contributed by atoms with E-state index in [1.54, 1.807) is 7.11 Å². The van der Waals surface area contributed by atoms with Gasteiger partial charge in [0, 0.05) is 18.7 Å². The Bertz CT molecular complexity index is 951. The number of rotatable bonds is 5. The molecule has 0 spiro atoms. The molecule has 0 aromatic heterocycles. The Kier molecular flexibility index (Phi) is 5.44. The molecule has 1 heterocycles. The first kappa shape index (κ1) is 18.3. The average Bonchev–Trinajstić information content (AvgIpc) is 2.77. The minimum atomic E-state index is -0.692. The molecule has 144 valence electrons. The second-order valence-electron chi connectivity index (χ2n) is 6.72. The van der Waals surface area contributed by atoms with Crippen LogP contribution in [0.2, 0.25) is 0 Å². The van der Waals surface area contributed by atoms with Crippen LogP contribution in [0.15, 0.2) is 66.7 Å². The largest absolute Gasteiger partial charge is 0.497 e. The second kappa shape index (κ2) is 8.31. The van der Waals surface area contributed by atoms with Gasteiger partial charge in [0.25, 0.3) is 5.91 Å². The molecule has 5 nitrogen and oxygen atoms in total. The lowest BCUT2D eigenvalue weighted by Gasteiger charge is -2.30. The summed E-state index contributed by atoms with van der Waals surface area (Å²) in [5, 5.41) is 2.09. The van der Waals surface area contributed by atoms with Gasteiger partial charge in [-0.05, 0) is 35.0 Å². The molecule has 0 saturated carbocycles. The molecule has 0 unspecified atom stereocenters. The highest BCUT2D eigenvalue weighted by molar-refractivity contribution is 5.86. The Morgan fingerprint density at radius 2 is 1.61 bits per heavy atom. The highest BCUT2D eigenvalue weighted by Gasteiger charge is 2.29. The van der Waals surface area contributed by atoms with Crippen LogP contribution in [0, 0.1) is 0 Å². The van der Waals surface area contributed by atoms with Gasteiger partial charge in [-0.25, -0.2) is 0 Å². The normalized spacial score (nSPS) is 15.2. The van der Waals surface area contributed by atoms with Gasteiger partial charge in [0.05, 0.1) is 20.3 Å². The van der Waals surface area contributed by atoms with Crippen molar-refractivity contribution >= 4 is 16.7 Å². The lowest BCUT2D eigenvalue weighted by Crippen LogP contribution is -2.44. The van der Waals surface area contributed by atoms with Crippen molar-refractivity contribution in [2.45, 2.75) is 6.10 Å². The monoisotopic (exact) mass is 377 g/mol. The van der Waals surface area contributed by atoms with Crippen LogP contribution in [0.4, 0.5) is 0 Å². The topological polar surface area (TPSA) is 48.0 Å². The van der Waals surface area contributed by atoms with Crippen molar-refractivity contribution in [2.24, 2.45) is 0 Å². The first-order valence-corrected chi connectivity index (χ1v) is 9.40. The quantitative estimate of drug-likeness (QED) is 0.678. The number of amides is 1. The highest BCUT2D eigenvalue weighted by Crippen LogP contribution is 2.29. The summed E-state index contributed by atoms with van der Waals surface area (Å²) in [4.78, 5) is 15.0. The van der Waals surface area contributed by atoms with Gasteiger partial charge in [-0.2, -0.15) is 0 Å². The van der Waals surface area contributed by atoms with Crippen LogP contribution in [-0.2, 0) is 9.53 Å². The van der Waals surface area contributed by atoms with E-state index in [2.05, 4.69) is 0 Å². The molecular formula is C23H23NO4. The summed E-state index contributed by atoms with van der Waals surface area (Å²) in [6, 6.07) is 21.4. The molecule has 1 aliphatic rings. The van der Waals surface area contributed by atoms with Crippen LogP contribution in [0.3, 0.4) is 0 Å². The number of benzene rings is 3. The van der Waals surface area contributed by atoms with Crippen LogP contribution < -0.4 is 9.47 Å². The van der Waals surface area contributed by atoms with Crippen molar-refractivity contribution in [2.75, 3.05) is 33.4 Å². The summed E-state index contributed by atoms with van der Waals surface area (Å²) in [5.74, 6) is 1.39. The van der Waals surface area contributed by atoms with E-state index in [4.69, 9.17) is 14.2 Å². The van der Waals surface area contributed by atoms with Gasteiger partial charge in [-0.3, -0.25) is 4.79 Å². The maximum absolute atomic E-state index is 13.2. The number of methoxy groups -OCH3 is 1. The minimum Gasteiger partial charge on any atom is -0.497 e. The number of ether oxygens (including phenoxy) is 3. The van der Waals surface area contributed by atoms with Crippen LogP contribution >= 0.6 is 0 Å². The summed E-state index contributed by atoms with van der Waals surface area (Å²) < 4.78 is 16.9. The van der Waals surface area contributed by atoms with Gasteiger partial charge in [-0.15, -0.1) is 0 Å². The van der Waals surface area contributed by atoms with Crippen molar-refractivity contribution < 1.29 is 19.0 Å². The molecule has 0 N–H and O–H groups in total. The second-order valence-corrected chi connectivity index (χ2v) is 6.72. The first-order chi connectivity index (χ1) is 13.7. The Morgan fingerprint density at radius 1 is 0.929 bits per heavy atom. The van der Waals surface area contributed by atoms with Crippen LogP contribution in [0.5, 0.6) is 11.5 Å². The number of nitrogens with zero attached hydrogens (tertiary/aromatic N) is 1. The first-order valence-electron chi connectivity index (χ1n) is 9.40. The molecule has 3 aromatic carbocycles. The summed E-state index contributed by atoms with van der Waals surface area (Å²) in [7, 11) is 1.65. The molecule has 4 rings (SSSR count). The molecular weight excluding hydrogens is 354 g/mol. The van der Waals surface area contributed by atoms with Crippen LogP contribution in [0.25, 0.3) is 10.8 Å². The fourth-order valence-corrected chi connectivity index (χ4v) is 3.38. The lowest BCUT2D eigenvalue weighted by molar-refractivity contribution is -0.143. The number of hydrogen-bond donors (Lipinski definition) is 0. The lowest BCUT2D eigenvalue weighted by atomic mass is 10.1. The van der Waals surface area contributed by atoms with E-state index in [1.165, 1.54) is 0 Å². The Labute approximate surface area is 164 Å². The summed E-state index contributed by atoms with van der Waals surface area (Å²) in [5.41, 5.74) is 0.838. The Hall–Kier alpha value is -3.05. The molecule has 1 amide bonds. The van der Waals surface area contributed by atoms with Crippen molar-refractivity contribution in [1.29, 1.82) is 0 Å². The molecule has 1 fully saturated rings. The van der Waals surface area contributed by atoms with Crippen molar-refractivity contribution in [1.82, 2.24) is 4.90 Å². The molecule has 5 heteroatoms. The molecule has 0 radical (unpaired) electrons. The van der Waals surface area contributed by atoms with E-state index < -0.39 is 6.10 Å². The van der Waals surface area contributed by atoms with E-state index in [0.29, 0.717) is 32.1 Å². The Balaban J connectivity index is 1.65. The average molecular weight is 377 g/mol. The van der Waals surface area contributed by atoms with Gasteiger partial charge in [-0.1, -0.05) is 42.5 Å². The van der Waals surface area contributed by atoms with Gasteiger partial charge in [0.2, 0.25) is 6.10 Å². The molecule has 1 aliphatic heterocycles. The maximum atomic E-state index is 13.2. The standard InChI is InChI=1S/C23H23NO4/c1-26-20-9-7-17-8-10-21(16-19(17)15-20)28-22(18-5-3-2-4-6-18)23(25)24-11-13-27-14-12-24/h2-10,15-16,22H,11-14H2,1H3/t22-/m0/s1. The van der Waals surface area contributed by atoms with Crippen molar-refractivity contribution in [3.63, 3.8) is 0 Å². The molecule has 3 aromatic rings. The van der Waals surface area contributed by atoms with Gasteiger partial charge < -0.3 is 19.1 Å². The van der Waals surface area contributed by atoms with E-state index in [9.17, 15) is 4.79 Å². The predicted molar refractivity (Wildman–Crippen MR) is 108 cm³/mol. The molecule has 1 saturated heterocycles. The third-order valence-corrected chi connectivity index (χ3v) is 4.92. The molecule has 1 atom stereocenters. The van der Waals surface area contributed by atoms with Gasteiger partial charge >= 0.3 is 0 Å². The van der Waals surface area contributed by atoms with Gasteiger partial charge in [0.15, 0.2) is 0 Å². The van der Waals surface area contributed by atoms with Crippen molar-refractivity contribution in [3.8, 4) is 11.5 Å². The van der Waals surface area contributed by atoms with Gasteiger partial charge in [0.1, 0.15) is 11.5 Å². The van der Waals surface area contributed by atoms with E-state index in [-0.39, 0.29) is 5.91 Å². The van der Waals surface area contributed by atoms with E-state index in [1.807, 2.05) is 71.6 Å². The molecule has 28 heavy (non-hydrogen) atoms. The zero-order valence-electron chi connectivity index (χ0n) is 15.8. The Morgan fingerprint density at radius 3 is 2.32 bits per heavy atom. The van der Waals surface area contributed by atoms with Crippen molar-refractivity contribution in [3.05, 3.63) is 72.3 Å². The van der Waals surface area contributed by atoms with E-state index in [0.717, 1.165) is 22.1 Å². The third kappa shape index (κ3) is 3.94.